The summed E-state index contributed by atoms with van der Waals surface area (Å²) in [5, 5.41) is 9.39. The van der Waals surface area contributed by atoms with Crippen LogP contribution >= 0.6 is 11.8 Å². The average Bonchev–Trinajstić information content (AvgIpc) is 3.50. The summed E-state index contributed by atoms with van der Waals surface area (Å²) in [6, 6.07) is 11.9. The van der Waals surface area contributed by atoms with Gasteiger partial charge in [-0.25, -0.2) is 4.79 Å². The Morgan fingerprint density at radius 1 is 1.12 bits per heavy atom. The summed E-state index contributed by atoms with van der Waals surface area (Å²) in [4.78, 5) is 28.4. The van der Waals surface area contributed by atoms with Gasteiger partial charge in [0.05, 0.1) is 42.0 Å². The van der Waals surface area contributed by atoms with Gasteiger partial charge in [-0.15, -0.1) is 10.2 Å². The summed E-state index contributed by atoms with van der Waals surface area (Å²) in [6.45, 7) is 7.98. The number of aromatic nitrogens is 4. The molecular weight excluding hydrogens is 452 g/mol. The molecule has 1 aromatic carbocycles. The smallest absolute Gasteiger partial charge is 0.340 e. The fourth-order valence-electron chi connectivity index (χ4n) is 3.86. The summed E-state index contributed by atoms with van der Waals surface area (Å²) in [5.74, 6) is 1.01. The summed E-state index contributed by atoms with van der Waals surface area (Å²) >= 11 is 1.31. The van der Waals surface area contributed by atoms with E-state index in [1.165, 1.54) is 11.8 Å². The molecule has 0 saturated carbocycles. The largest absolute Gasteiger partial charge is 0.469 e. The number of furan rings is 1. The Hall–Kier alpha value is -3.59. The van der Waals surface area contributed by atoms with Gasteiger partial charge in [0.2, 0.25) is 0 Å². The molecule has 0 radical (unpaired) electrons. The number of hydrogen-bond acceptors (Lipinski definition) is 7. The van der Waals surface area contributed by atoms with Crippen LogP contribution in [0.5, 0.6) is 0 Å². The highest BCUT2D eigenvalue weighted by atomic mass is 32.2. The molecule has 34 heavy (non-hydrogen) atoms. The summed E-state index contributed by atoms with van der Waals surface area (Å²) in [5.41, 5.74) is 3.99. The van der Waals surface area contributed by atoms with Crippen LogP contribution in [-0.2, 0) is 11.3 Å². The van der Waals surface area contributed by atoms with Crippen molar-refractivity contribution in [2.24, 2.45) is 0 Å². The summed E-state index contributed by atoms with van der Waals surface area (Å²) in [6.07, 6.45) is 1.63. The second-order valence-corrected chi connectivity index (χ2v) is 8.77. The van der Waals surface area contributed by atoms with Crippen LogP contribution in [0.4, 0.5) is 0 Å². The van der Waals surface area contributed by atoms with Crippen molar-refractivity contribution in [1.29, 1.82) is 0 Å². The van der Waals surface area contributed by atoms with Crippen LogP contribution < -0.4 is 0 Å². The molecule has 0 aliphatic heterocycles. The number of nitrogens with one attached hydrogen (secondary N) is 1. The lowest BCUT2D eigenvalue weighted by molar-refractivity contribution is 0.0525. The number of esters is 1. The first-order valence-electron chi connectivity index (χ1n) is 10.9. The highest BCUT2D eigenvalue weighted by Crippen LogP contribution is 2.29. The molecule has 0 bridgehead atoms. The molecule has 0 fully saturated rings. The van der Waals surface area contributed by atoms with Crippen molar-refractivity contribution >= 4 is 23.5 Å². The van der Waals surface area contributed by atoms with Crippen LogP contribution in [0.3, 0.4) is 0 Å². The molecule has 4 rings (SSSR count). The monoisotopic (exact) mass is 478 g/mol. The van der Waals surface area contributed by atoms with Gasteiger partial charge in [-0.3, -0.25) is 9.36 Å². The molecule has 0 atom stereocenters. The van der Waals surface area contributed by atoms with Crippen molar-refractivity contribution < 1.29 is 18.7 Å². The molecule has 3 heterocycles. The maximum Gasteiger partial charge on any atom is 0.340 e. The zero-order valence-electron chi connectivity index (χ0n) is 19.5. The van der Waals surface area contributed by atoms with Crippen LogP contribution in [0.1, 0.15) is 50.4 Å². The van der Waals surface area contributed by atoms with Crippen LogP contribution in [0.25, 0.3) is 11.4 Å². The van der Waals surface area contributed by atoms with E-state index in [2.05, 4.69) is 15.2 Å². The Kier molecular flexibility index (Phi) is 7.02. The van der Waals surface area contributed by atoms with Gasteiger partial charge in [0.15, 0.2) is 16.8 Å². The second kappa shape index (κ2) is 10.1. The number of benzene rings is 1. The third-order valence-corrected chi connectivity index (χ3v) is 6.50. The number of rotatable bonds is 9. The maximum absolute atomic E-state index is 13.1. The molecule has 4 aromatic rings. The lowest BCUT2D eigenvalue weighted by Gasteiger charge is -2.10. The lowest BCUT2D eigenvalue weighted by atomic mass is 10.1. The van der Waals surface area contributed by atoms with E-state index < -0.39 is 5.97 Å². The van der Waals surface area contributed by atoms with Crippen molar-refractivity contribution in [3.05, 3.63) is 76.5 Å². The van der Waals surface area contributed by atoms with Gasteiger partial charge in [0.25, 0.3) is 0 Å². The van der Waals surface area contributed by atoms with Crippen molar-refractivity contribution in [2.75, 3.05) is 12.4 Å². The fourth-order valence-corrected chi connectivity index (χ4v) is 4.67. The van der Waals surface area contributed by atoms with E-state index in [-0.39, 0.29) is 18.1 Å². The van der Waals surface area contributed by atoms with E-state index in [1.54, 1.807) is 27.0 Å². The van der Waals surface area contributed by atoms with E-state index in [0.29, 0.717) is 40.0 Å². The average molecular weight is 479 g/mol. The Balaban J connectivity index is 1.59. The molecule has 8 nitrogen and oxygen atoms in total. The number of carbonyl (C=O) groups excluding carboxylic acids is 2. The van der Waals surface area contributed by atoms with Crippen LogP contribution in [0, 0.1) is 20.8 Å². The van der Waals surface area contributed by atoms with E-state index in [1.807, 2.05) is 47.9 Å². The zero-order chi connectivity index (χ0) is 24.2. The molecule has 0 amide bonds. The third kappa shape index (κ3) is 4.70. The van der Waals surface area contributed by atoms with Gasteiger partial charge >= 0.3 is 5.97 Å². The minimum Gasteiger partial charge on any atom is -0.469 e. The van der Waals surface area contributed by atoms with Crippen molar-refractivity contribution in [1.82, 2.24) is 19.7 Å². The van der Waals surface area contributed by atoms with Gasteiger partial charge < -0.3 is 14.1 Å². The number of Topliss-reactive ketones (excluding diaryl/α,β-unsaturated/α-hetero) is 1. The number of ether oxygens (including phenoxy) is 1. The quantitative estimate of drug-likeness (QED) is 0.205. The fraction of sp³-hybridized carbons (Fsp3) is 0.280. The number of ketones is 1. The Morgan fingerprint density at radius 2 is 1.88 bits per heavy atom. The number of carbonyl (C=O) groups is 2. The minimum atomic E-state index is -0.428. The molecule has 0 aliphatic rings. The van der Waals surface area contributed by atoms with Gasteiger partial charge in [-0.1, -0.05) is 42.1 Å². The molecule has 9 heteroatoms. The molecular formula is C25H26N4O4S. The molecule has 3 aromatic heterocycles. The standard InChI is InChI=1S/C25H26N4O4S/c1-5-32-24(31)21-15(2)22(26-16(21)3)20(30)14-34-25-28-27-23(19-11-12-33-17(19)4)29(25)13-18-9-7-6-8-10-18/h6-12,26H,5,13-14H2,1-4H3. The van der Waals surface area contributed by atoms with Gasteiger partial charge in [0.1, 0.15) is 5.76 Å². The normalized spacial score (nSPS) is 11.1. The van der Waals surface area contributed by atoms with E-state index >= 15 is 0 Å². The number of aromatic amines is 1. The number of aryl methyl sites for hydroxylation is 2. The third-order valence-electron chi connectivity index (χ3n) is 5.53. The predicted molar refractivity (Wildman–Crippen MR) is 129 cm³/mol. The van der Waals surface area contributed by atoms with E-state index in [9.17, 15) is 9.59 Å². The SMILES string of the molecule is CCOC(=O)c1c(C)[nH]c(C(=O)CSc2nnc(-c3ccoc3C)n2Cc2ccccc2)c1C. The van der Waals surface area contributed by atoms with Gasteiger partial charge in [-0.2, -0.15) is 0 Å². The number of thioether (sulfide) groups is 1. The van der Waals surface area contributed by atoms with Crippen LogP contribution in [-0.4, -0.2) is 43.9 Å². The Labute approximate surface area is 201 Å². The summed E-state index contributed by atoms with van der Waals surface area (Å²) in [7, 11) is 0. The van der Waals surface area contributed by atoms with Gasteiger partial charge in [0, 0.05) is 5.69 Å². The Bertz CT molecular complexity index is 1320. The second-order valence-electron chi connectivity index (χ2n) is 7.83. The van der Waals surface area contributed by atoms with Crippen molar-refractivity contribution in [3.63, 3.8) is 0 Å². The minimum absolute atomic E-state index is 0.128. The highest BCUT2D eigenvalue weighted by Gasteiger charge is 2.24. The molecule has 0 saturated heterocycles. The maximum atomic E-state index is 13.1. The highest BCUT2D eigenvalue weighted by molar-refractivity contribution is 7.99. The van der Waals surface area contributed by atoms with Crippen LogP contribution in [0.15, 0.2) is 52.2 Å². The topological polar surface area (TPSA) is 103 Å². The van der Waals surface area contributed by atoms with Crippen LogP contribution in [0.2, 0.25) is 0 Å². The first-order valence-corrected chi connectivity index (χ1v) is 11.9. The lowest BCUT2D eigenvalue weighted by Crippen LogP contribution is -2.09. The zero-order valence-corrected chi connectivity index (χ0v) is 20.4. The molecule has 1 N–H and O–H groups in total. The van der Waals surface area contributed by atoms with Gasteiger partial charge in [-0.05, 0) is 44.9 Å². The first-order chi connectivity index (χ1) is 16.4. The number of nitrogens with zero attached hydrogens (tertiary/aromatic N) is 3. The summed E-state index contributed by atoms with van der Waals surface area (Å²) < 4.78 is 12.6. The predicted octanol–water partition coefficient (Wildman–Crippen LogP) is 4.99. The Morgan fingerprint density at radius 3 is 2.56 bits per heavy atom. The van der Waals surface area contributed by atoms with E-state index in [0.717, 1.165) is 16.9 Å². The molecule has 0 aliphatic carbocycles. The number of hydrogen-bond donors (Lipinski definition) is 1. The van der Waals surface area contributed by atoms with Crippen molar-refractivity contribution in [3.8, 4) is 11.4 Å². The number of H-pyrrole nitrogens is 1. The molecule has 176 valence electrons. The van der Waals surface area contributed by atoms with Crippen molar-refractivity contribution in [2.45, 2.75) is 39.4 Å². The molecule has 0 spiro atoms. The first kappa shape index (κ1) is 23.6. The molecule has 0 unspecified atom stereocenters. The van der Waals surface area contributed by atoms with E-state index in [4.69, 9.17) is 9.15 Å².